The van der Waals surface area contributed by atoms with Crippen LogP contribution < -0.4 is 0 Å². The Bertz CT molecular complexity index is 311. The normalized spacial score (nSPS) is 31.1. The number of nitrogens with zero attached hydrogens (tertiary/aromatic N) is 1. The van der Waals surface area contributed by atoms with Crippen LogP contribution in [0.4, 0.5) is 0 Å². The van der Waals surface area contributed by atoms with Crippen LogP contribution in [-0.4, -0.2) is 30.2 Å². The number of hydrogen-bond donors (Lipinski definition) is 0. The minimum atomic E-state index is 0.517. The van der Waals surface area contributed by atoms with E-state index in [1.165, 1.54) is 12.0 Å². The summed E-state index contributed by atoms with van der Waals surface area (Å²) < 4.78 is 5.58. The predicted octanol–water partition coefficient (Wildman–Crippen LogP) is 1.66. The molecule has 0 spiro atoms. The van der Waals surface area contributed by atoms with E-state index in [0.29, 0.717) is 12.1 Å². The summed E-state index contributed by atoms with van der Waals surface area (Å²) in [5, 5.41) is 0. The molecule has 0 radical (unpaired) electrons. The fourth-order valence-electron chi connectivity index (χ4n) is 2.49. The summed E-state index contributed by atoms with van der Waals surface area (Å²) in [7, 11) is 0. The first-order valence-corrected chi connectivity index (χ1v) is 5.31. The van der Waals surface area contributed by atoms with Gasteiger partial charge < -0.3 is 4.74 Å². The summed E-state index contributed by atoms with van der Waals surface area (Å²) in [5.74, 6) is 0. The summed E-state index contributed by atoms with van der Waals surface area (Å²) in [6.45, 7) is 3.16. The quantitative estimate of drug-likeness (QED) is 0.701. The van der Waals surface area contributed by atoms with E-state index in [2.05, 4.69) is 35.2 Å². The van der Waals surface area contributed by atoms with Crippen molar-refractivity contribution in [1.29, 1.82) is 0 Å². The molecule has 2 fully saturated rings. The molecule has 2 nitrogen and oxygen atoms in total. The third kappa shape index (κ3) is 1.45. The average molecular weight is 189 g/mol. The van der Waals surface area contributed by atoms with Crippen molar-refractivity contribution < 1.29 is 4.74 Å². The van der Waals surface area contributed by atoms with Gasteiger partial charge in [0.2, 0.25) is 0 Å². The molecule has 0 amide bonds. The van der Waals surface area contributed by atoms with E-state index < -0.39 is 0 Å². The lowest BCUT2D eigenvalue weighted by atomic mass is 10.2. The molecule has 2 atom stereocenters. The monoisotopic (exact) mass is 189 g/mol. The van der Waals surface area contributed by atoms with Crippen LogP contribution in [0.25, 0.3) is 0 Å². The fourth-order valence-corrected chi connectivity index (χ4v) is 2.49. The molecule has 14 heavy (non-hydrogen) atoms. The van der Waals surface area contributed by atoms with Crippen molar-refractivity contribution in [2.24, 2.45) is 0 Å². The van der Waals surface area contributed by atoms with E-state index in [1.54, 1.807) is 0 Å². The van der Waals surface area contributed by atoms with E-state index in [9.17, 15) is 0 Å². The van der Waals surface area contributed by atoms with Crippen molar-refractivity contribution in [1.82, 2.24) is 4.90 Å². The van der Waals surface area contributed by atoms with Gasteiger partial charge in [-0.1, -0.05) is 30.3 Å². The molecule has 2 heterocycles. The Kier molecular flexibility index (Phi) is 2.03. The van der Waals surface area contributed by atoms with Crippen molar-refractivity contribution in [3.8, 4) is 0 Å². The van der Waals surface area contributed by atoms with Gasteiger partial charge in [-0.3, -0.25) is 4.90 Å². The van der Waals surface area contributed by atoms with Gasteiger partial charge in [0.05, 0.1) is 12.7 Å². The molecule has 2 aliphatic rings. The van der Waals surface area contributed by atoms with Gasteiger partial charge in [0.25, 0.3) is 0 Å². The molecular weight excluding hydrogens is 174 g/mol. The van der Waals surface area contributed by atoms with Crippen molar-refractivity contribution >= 4 is 0 Å². The second kappa shape index (κ2) is 3.37. The van der Waals surface area contributed by atoms with Gasteiger partial charge in [-0.05, 0) is 12.0 Å². The predicted molar refractivity (Wildman–Crippen MR) is 55.0 cm³/mol. The zero-order valence-corrected chi connectivity index (χ0v) is 8.23. The van der Waals surface area contributed by atoms with E-state index in [0.717, 1.165) is 19.7 Å². The van der Waals surface area contributed by atoms with Crippen LogP contribution in [0.1, 0.15) is 12.0 Å². The van der Waals surface area contributed by atoms with Gasteiger partial charge in [-0.15, -0.1) is 0 Å². The van der Waals surface area contributed by atoms with Crippen LogP contribution in [0.15, 0.2) is 30.3 Å². The Balaban J connectivity index is 1.69. The largest absolute Gasteiger partial charge is 0.375 e. The maximum atomic E-state index is 5.58. The number of morpholine rings is 1. The molecule has 2 unspecified atom stereocenters. The van der Waals surface area contributed by atoms with Crippen molar-refractivity contribution in [3.63, 3.8) is 0 Å². The first-order valence-electron chi connectivity index (χ1n) is 5.31. The summed E-state index contributed by atoms with van der Waals surface area (Å²) in [5.41, 5.74) is 1.42. The second-order valence-electron chi connectivity index (χ2n) is 4.26. The maximum Gasteiger partial charge on any atom is 0.0718 e. The van der Waals surface area contributed by atoms with Crippen LogP contribution in [0.3, 0.4) is 0 Å². The minimum Gasteiger partial charge on any atom is -0.375 e. The number of hydrogen-bond acceptors (Lipinski definition) is 2. The number of likely N-dealkylation sites (tertiary alicyclic amines) is 1. The molecule has 2 aliphatic heterocycles. The van der Waals surface area contributed by atoms with Gasteiger partial charge >= 0.3 is 0 Å². The van der Waals surface area contributed by atoms with E-state index in [1.807, 2.05) is 0 Å². The molecule has 0 aromatic heterocycles. The van der Waals surface area contributed by atoms with Gasteiger partial charge in [0, 0.05) is 19.1 Å². The number of rotatable bonds is 2. The van der Waals surface area contributed by atoms with Crippen LogP contribution in [0.2, 0.25) is 0 Å². The third-order valence-corrected chi connectivity index (χ3v) is 3.24. The Morgan fingerprint density at radius 3 is 2.79 bits per heavy atom. The molecule has 2 heteroatoms. The summed E-state index contributed by atoms with van der Waals surface area (Å²) in [6.07, 6.45) is 1.76. The highest BCUT2D eigenvalue weighted by Crippen LogP contribution is 2.28. The molecule has 1 aromatic rings. The third-order valence-electron chi connectivity index (χ3n) is 3.24. The SMILES string of the molecule is c1ccc(CN2CC3CC2CO3)cc1. The molecule has 2 saturated heterocycles. The average Bonchev–Trinajstić information content (AvgIpc) is 2.81. The van der Waals surface area contributed by atoms with E-state index in [4.69, 9.17) is 4.74 Å². The molecule has 0 N–H and O–H groups in total. The summed E-state index contributed by atoms with van der Waals surface area (Å²) >= 11 is 0. The topological polar surface area (TPSA) is 12.5 Å². The zero-order chi connectivity index (χ0) is 9.38. The Morgan fingerprint density at radius 2 is 2.14 bits per heavy atom. The van der Waals surface area contributed by atoms with Crippen LogP contribution in [0, 0.1) is 0 Å². The molecule has 0 aliphatic carbocycles. The lowest BCUT2D eigenvalue weighted by Crippen LogP contribution is -2.36. The highest BCUT2D eigenvalue weighted by atomic mass is 16.5. The lowest BCUT2D eigenvalue weighted by Gasteiger charge is -2.26. The Labute approximate surface area is 84.5 Å². The second-order valence-corrected chi connectivity index (χ2v) is 4.26. The van der Waals surface area contributed by atoms with Crippen LogP contribution >= 0.6 is 0 Å². The zero-order valence-electron chi connectivity index (χ0n) is 8.23. The first-order chi connectivity index (χ1) is 6.92. The van der Waals surface area contributed by atoms with Gasteiger partial charge in [-0.25, -0.2) is 0 Å². The number of benzene rings is 1. The molecule has 74 valence electrons. The minimum absolute atomic E-state index is 0.517. The number of fused-ring (bicyclic) bond motifs is 2. The molecule has 1 aromatic carbocycles. The molecule has 2 bridgehead atoms. The van der Waals surface area contributed by atoms with Gasteiger partial charge in [0.1, 0.15) is 0 Å². The highest BCUT2D eigenvalue weighted by molar-refractivity contribution is 5.15. The van der Waals surface area contributed by atoms with Crippen LogP contribution in [0.5, 0.6) is 0 Å². The van der Waals surface area contributed by atoms with Crippen molar-refractivity contribution in [3.05, 3.63) is 35.9 Å². The van der Waals surface area contributed by atoms with Gasteiger partial charge in [-0.2, -0.15) is 0 Å². The Morgan fingerprint density at radius 1 is 1.29 bits per heavy atom. The van der Waals surface area contributed by atoms with Crippen molar-refractivity contribution in [2.45, 2.75) is 25.1 Å². The van der Waals surface area contributed by atoms with E-state index >= 15 is 0 Å². The highest BCUT2D eigenvalue weighted by Gasteiger charge is 2.38. The fraction of sp³-hybridized carbons (Fsp3) is 0.500. The lowest BCUT2D eigenvalue weighted by molar-refractivity contribution is 0.0273. The number of ether oxygens (including phenoxy) is 1. The summed E-state index contributed by atoms with van der Waals surface area (Å²) in [6, 6.07) is 11.4. The smallest absolute Gasteiger partial charge is 0.0718 e. The van der Waals surface area contributed by atoms with Gasteiger partial charge in [0.15, 0.2) is 0 Å². The molecule has 3 rings (SSSR count). The maximum absolute atomic E-state index is 5.58. The molecular formula is C12H15NO. The van der Waals surface area contributed by atoms with E-state index in [-0.39, 0.29) is 0 Å². The molecule has 0 saturated carbocycles. The van der Waals surface area contributed by atoms with Crippen LogP contribution in [-0.2, 0) is 11.3 Å². The standard InChI is InChI=1S/C12H15NO/c1-2-4-10(5-3-1)7-13-8-12-6-11(13)9-14-12/h1-5,11-12H,6-9H2. The Hall–Kier alpha value is -0.860. The first kappa shape index (κ1) is 8.45. The van der Waals surface area contributed by atoms with Crippen molar-refractivity contribution in [2.75, 3.05) is 13.2 Å². The summed E-state index contributed by atoms with van der Waals surface area (Å²) in [4.78, 5) is 2.55.